The lowest BCUT2D eigenvalue weighted by molar-refractivity contribution is -0.151. The Morgan fingerprint density at radius 1 is 0.957 bits per heavy atom. The number of cyclic esters (lactones) is 1. The Labute approximate surface area is 142 Å². The van der Waals surface area contributed by atoms with Gasteiger partial charge in [-0.1, -0.05) is 72.6 Å². The molecule has 1 N–H and O–H groups in total. The molecular formula is C20H36O3. The second-order valence-corrected chi connectivity index (χ2v) is 7.87. The molecular weight excluding hydrogens is 288 g/mol. The van der Waals surface area contributed by atoms with Gasteiger partial charge in [-0.05, 0) is 30.6 Å². The Bertz CT molecular complexity index is 373. The van der Waals surface area contributed by atoms with Gasteiger partial charge in [0.05, 0.1) is 0 Å². The first-order chi connectivity index (χ1) is 10.9. The van der Waals surface area contributed by atoms with E-state index in [0.29, 0.717) is 5.92 Å². The summed E-state index contributed by atoms with van der Waals surface area (Å²) in [5.41, 5.74) is 0.737. The molecule has 1 heterocycles. The molecule has 3 nitrogen and oxygen atoms in total. The fourth-order valence-electron chi connectivity index (χ4n) is 3.27. The van der Waals surface area contributed by atoms with E-state index in [9.17, 15) is 9.90 Å². The molecule has 23 heavy (non-hydrogen) atoms. The van der Waals surface area contributed by atoms with Crippen LogP contribution >= 0.6 is 0 Å². The zero-order chi connectivity index (χ0) is 17.2. The van der Waals surface area contributed by atoms with Crippen LogP contribution in [-0.4, -0.2) is 17.4 Å². The van der Waals surface area contributed by atoms with Crippen LogP contribution in [0.1, 0.15) is 85.5 Å². The van der Waals surface area contributed by atoms with Crippen molar-refractivity contribution in [3.63, 3.8) is 0 Å². The van der Waals surface area contributed by atoms with Crippen molar-refractivity contribution >= 4 is 5.97 Å². The third kappa shape index (κ3) is 9.14. The molecule has 3 heteroatoms. The minimum atomic E-state index is -0.996. The molecule has 0 aromatic rings. The topological polar surface area (TPSA) is 46.5 Å². The van der Waals surface area contributed by atoms with Gasteiger partial charge in [0.2, 0.25) is 6.29 Å². The van der Waals surface area contributed by atoms with E-state index in [1.165, 1.54) is 44.6 Å². The maximum atomic E-state index is 11.0. The number of carbonyl (C=O) groups is 1. The summed E-state index contributed by atoms with van der Waals surface area (Å²) in [6.45, 7) is 9.30. The van der Waals surface area contributed by atoms with Crippen LogP contribution in [0.2, 0.25) is 0 Å². The quantitative estimate of drug-likeness (QED) is 0.500. The Kier molecular flexibility index (Phi) is 9.54. The molecule has 134 valence electrons. The lowest BCUT2D eigenvalue weighted by atomic mass is 9.91. The molecule has 1 rings (SSSR count). The summed E-state index contributed by atoms with van der Waals surface area (Å²) in [4.78, 5) is 11.0. The summed E-state index contributed by atoms with van der Waals surface area (Å²) in [5, 5.41) is 9.52. The Hall–Kier alpha value is -0.830. The fourth-order valence-corrected chi connectivity index (χ4v) is 3.27. The van der Waals surface area contributed by atoms with E-state index in [1.807, 2.05) is 0 Å². The molecule has 0 saturated heterocycles. The number of esters is 1. The van der Waals surface area contributed by atoms with Crippen molar-refractivity contribution in [2.45, 2.75) is 91.8 Å². The highest BCUT2D eigenvalue weighted by atomic mass is 16.6. The standard InChI is InChI=1S/C20H36O3/c1-15(2)8-5-9-16(3)10-6-11-17(4)12-7-13-18-14-19(21)23-20(18)22/h14-17,20,22H,5-13H2,1-4H3. The van der Waals surface area contributed by atoms with Crippen molar-refractivity contribution in [1.82, 2.24) is 0 Å². The van der Waals surface area contributed by atoms with Gasteiger partial charge in [0.1, 0.15) is 0 Å². The van der Waals surface area contributed by atoms with Crippen molar-refractivity contribution < 1.29 is 14.6 Å². The first kappa shape index (κ1) is 20.2. The van der Waals surface area contributed by atoms with Crippen molar-refractivity contribution in [3.05, 3.63) is 11.6 Å². The molecule has 0 aromatic carbocycles. The number of hydrogen-bond donors (Lipinski definition) is 1. The van der Waals surface area contributed by atoms with Gasteiger partial charge in [-0.15, -0.1) is 0 Å². The predicted octanol–water partition coefficient (Wildman–Crippen LogP) is 5.23. The average Bonchev–Trinajstić information content (AvgIpc) is 2.76. The van der Waals surface area contributed by atoms with Gasteiger partial charge in [0, 0.05) is 11.6 Å². The maximum absolute atomic E-state index is 11.0. The van der Waals surface area contributed by atoms with E-state index in [-0.39, 0.29) is 0 Å². The third-order valence-electron chi connectivity index (χ3n) is 4.88. The molecule has 0 radical (unpaired) electrons. The summed E-state index contributed by atoms with van der Waals surface area (Å²) in [7, 11) is 0. The number of ether oxygens (including phenoxy) is 1. The Balaban J connectivity index is 2.03. The lowest BCUT2D eigenvalue weighted by Crippen LogP contribution is -2.10. The highest BCUT2D eigenvalue weighted by Crippen LogP contribution is 2.24. The molecule has 3 unspecified atom stereocenters. The number of hydrogen-bond acceptors (Lipinski definition) is 3. The zero-order valence-electron chi connectivity index (χ0n) is 15.5. The highest BCUT2D eigenvalue weighted by molar-refractivity contribution is 5.85. The van der Waals surface area contributed by atoms with Gasteiger partial charge < -0.3 is 9.84 Å². The molecule has 0 amide bonds. The van der Waals surface area contributed by atoms with Gasteiger partial charge in [0.15, 0.2) is 0 Å². The van der Waals surface area contributed by atoms with Crippen LogP contribution < -0.4 is 0 Å². The Morgan fingerprint density at radius 3 is 1.96 bits per heavy atom. The van der Waals surface area contributed by atoms with Gasteiger partial charge in [-0.2, -0.15) is 0 Å². The number of aliphatic hydroxyl groups is 1. The normalized spacial score (nSPS) is 20.5. The monoisotopic (exact) mass is 324 g/mol. The van der Waals surface area contributed by atoms with Crippen molar-refractivity contribution in [3.8, 4) is 0 Å². The van der Waals surface area contributed by atoms with E-state index in [4.69, 9.17) is 4.74 Å². The molecule has 0 bridgehead atoms. The molecule has 0 spiro atoms. The van der Waals surface area contributed by atoms with Gasteiger partial charge in [-0.25, -0.2) is 4.79 Å². The average molecular weight is 325 g/mol. The largest absolute Gasteiger partial charge is 0.429 e. The third-order valence-corrected chi connectivity index (χ3v) is 4.88. The molecule has 3 atom stereocenters. The molecule has 0 aliphatic carbocycles. The van der Waals surface area contributed by atoms with Gasteiger partial charge >= 0.3 is 5.97 Å². The molecule has 1 aliphatic heterocycles. The highest BCUT2D eigenvalue weighted by Gasteiger charge is 2.22. The molecule has 1 aliphatic rings. The summed E-state index contributed by atoms with van der Waals surface area (Å²) in [6.07, 6.45) is 11.4. The minimum absolute atomic E-state index is 0.410. The van der Waals surface area contributed by atoms with Crippen LogP contribution in [0.5, 0.6) is 0 Å². The minimum Gasteiger partial charge on any atom is -0.429 e. The van der Waals surface area contributed by atoms with Crippen LogP contribution in [0.25, 0.3) is 0 Å². The second-order valence-electron chi connectivity index (χ2n) is 7.87. The first-order valence-corrected chi connectivity index (χ1v) is 9.47. The lowest BCUT2D eigenvalue weighted by Gasteiger charge is -2.15. The first-order valence-electron chi connectivity index (χ1n) is 9.47. The SMILES string of the molecule is CC(C)CCCC(C)CCCC(C)CCCC1=CC(=O)OC1O. The van der Waals surface area contributed by atoms with Crippen LogP contribution in [0.3, 0.4) is 0 Å². The van der Waals surface area contributed by atoms with Gasteiger partial charge in [0.25, 0.3) is 0 Å². The molecule has 0 saturated carbocycles. The summed E-state index contributed by atoms with van der Waals surface area (Å²) in [5.74, 6) is 1.99. The van der Waals surface area contributed by atoms with Crippen molar-refractivity contribution in [1.29, 1.82) is 0 Å². The number of rotatable bonds is 12. The van der Waals surface area contributed by atoms with Crippen LogP contribution in [-0.2, 0) is 9.53 Å². The van der Waals surface area contributed by atoms with E-state index in [2.05, 4.69) is 27.7 Å². The van der Waals surface area contributed by atoms with Crippen LogP contribution in [0, 0.1) is 17.8 Å². The summed E-state index contributed by atoms with van der Waals surface area (Å²) < 4.78 is 4.69. The summed E-state index contributed by atoms with van der Waals surface area (Å²) >= 11 is 0. The van der Waals surface area contributed by atoms with E-state index < -0.39 is 12.3 Å². The molecule has 0 fully saturated rings. The Morgan fingerprint density at radius 2 is 1.48 bits per heavy atom. The summed E-state index contributed by atoms with van der Waals surface area (Å²) in [6, 6.07) is 0. The zero-order valence-corrected chi connectivity index (χ0v) is 15.5. The second kappa shape index (κ2) is 10.9. The van der Waals surface area contributed by atoms with Crippen molar-refractivity contribution in [2.24, 2.45) is 17.8 Å². The van der Waals surface area contributed by atoms with E-state index in [0.717, 1.165) is 36.7 Å². The van der Waals surface area contributed by atoms with Crippen molar-refractivity contribution in [2.75, 3.05) is 0 Å². The van der Waals surface area contributed by atoms with Crippen LogP contribution in [0.15, 0.2) is 11.6 Å². The van der Waals surface area contributed by atoms with Crippen LogP contribution in [0.4, 0.5) is 0 Å². The van der Waals surface area contributed by atoms with Gasteiger partial charge in [-0.3, -0.25) is 0 Å². The maximum Gasteiger partial charge on any atom is 0.333 e. The predicted molar refractivity (Wildman–Crippen MR) is 94.9 cm³/mol. The smallest absolute Gasteiger partial charge is 0.333 e. The van der Waals surface area contributed by atoms with E-state index in [1.54, 1.807) is 0 Å². The van der Waals surface area contributed by atoms with E-state index >= 15 is 0 Å². The fraction of sp³-hybridized carbons (Fsp3) is 0.850. The molecule has 0 aromatic heterocycles. The number of carbonyl (C=O) groups excluding carboxylic acids is 1. The number of aliphatic hydroxyl groups excluding tert-OH is 1.